The first-order valence-corrected chi connectivity index (χ1v) is 11.3. The van der Waals surface area contributed by atoms with Gasteiger partial charge in [0.15, 0.2) is 5.65 Å². The van der Waals surface area contributed by atoms with E-state index in [9.17, 15) is 4.79 Å². The summed E-state index contributed by atoms with van der Waals surface area (Å²) in [4.78, 5) is 25.6. The summed E-state index contributed by atoms with van der Waals surface area (Å²) < 4.78 is 0. The van der Waals surface area contributed by atoms with E-state index in [0.29, 0.717) is 11.2 Å². The Hall–Kier alpha value is -2.31. The number of pyridine rings is 2. The van der Waals surface area contributed by atoms with Crippen molar-refractivity contribution in [3.8, 4) is 0 Å². The number of nitrogens with one attached hydrogen (secondary N) is 1. The SMILES string of the molecule is CSc1cccc(Nc2c(C(=O)N3CCCCCC3)cnc3nc(C)ccc23)c1.Cl. The molecule has 0 spiro atoms. The molecule has 30 heavy (non-hydrogen) atoms. The lowest BCUT2D eigenvalue weighted by Gasteiger charge is -2.22. The molecule has 158 valence electrons. The summed E-state index contributed by atoms with van der Waals surface area (Å²) in [5.41, 5.74) is 3.91. The number of aromatic nitrogens is 2. The number of anilines is 2. The van der Waals surface area contributed by atoms with Crippen LogP contribution >= 0.6 is 24.2 Å². The van der Waals surface area contributed by atoms with E-state index in [0.717, 1.165) is 48.4 Å². The Bertz CT molecular complexity index is 1030. The van der Waals surface area contributed by atoms with Gasteiger partial charge in [-0.2, -0.15) is 0 Å². The summed E-state index contributed by atoms with van der Waals surface area (Å²) in [7, 11) is 0. The third-order valence-electron chi connectivity index (χ3n) is 5.33. The van der Waals surface area contributed by atoms with E-state index in [4.69, 9.17) is 0 Å². The zero-order valence-corrected chi connectivity index (χ0v) is 19.0. The van der Waals surface area contributed by atoms with Gasteiger partial charge >= 0.3 is 0 Å². The number of benzene rings is 1. The van der Waals surface area contributed by atoms with Gasteiger partial charge in [0.2, 0.25) is 0 Å². The van der Waals surface area contributed by atoms with Crippen molar-refractivity contribution in [2.24, 2.45) is 0 Å². The molecule has 3 heterocycles. The fourth-order valence-corrected chi connectivity index (χ4v) is 4.22. The topological polar surface area (TPSA) is 58.1 Å². The number of halogens is 1. The summed E-state index contributed by atoms with van der Waals surface area (Å²) in [6.07, 6.45) is 8.24. The molecule has 1 aliphatic heterocycles. The minimum atomic E-state index is 0. The maximum atomic E-state index is 13.4. The Labute approximate surface area is 188 Å². The molecule has 5 nitrogen and oxygen atoms in total. The third-order valence-corrected chi connectivity index (χ3v) is 6.06. The molecule has 1 aromatic carbocycles. The van der Waals surface area contributed by atoms with Crippen LogP contribution in [-0.2, 0) is 0 Å². The minimum absolute atomic E-state index is 0. The highest BCUT2D eigenvalue weighted by Crippen LogP contribution is 2.31. The number of hydrogen-bond donors (Lipinski definition) is 1. The molecule has 4 rings (SSSR count). The molecule has 0 unspecified atom stereocenters. The van der Waals surface area contributed by atoms with Crippen molar-refractivity contribution < 1.29 is 4.79 Å². The van der Waals surface area contributed by atoms with E-state index in [1.165, 1.54) is 17.7 Å². The average molecular weight is 443 g/mol. The van der Waals surface area contributed by atoms with Crippen LogP contribution in [0.4, 0.5) is 11.4 Å². The smallest absolute Gasteiger partial charge is 0.257 e. The Morgan fingerprint density at radius 2 is 1.87 bits per heavy atom. The van der Waals surface area contributed by atoms with E-state index in [1.54, 1.807) is 18.0 Å². The van der Waals surface area contributed by atoms with E-state index < -0.39 is 0 Å². The second-order valence-corrected chi connectivity index (χ2v) is 8.31. The Kier molecular flexibility index (Phi) is 7.56. The fourth-order valence-electron chi connectivity index (χ4n) is 3.76. The van der Waals surface area contributed by atoms with Crippen LogP contribution in [0.15, 0.2) is 47.5 Å². The second kappa shape index (κ2) is 10.1. The van der Waals surface area contributed by atoms with Gasteiger partial charge in [-0.3, -0.25) is 4.79 Å². The third kappa shape index (κ3) is 4.87. The van der Waals surface area contributed by atoms with E-state index in [2.05, 4.69) is 33.7 Å². The number of rotatable bonds is 4. The van der Waals surface area contributed by atoms with Gasteiger partial charge in [-0.15, -0.1) is 24.2 Å². The molecule has 0 radical (unpaired) electrons. The highest BCUT2D eigenvalue weighted by atomic mass is 35.5. The van der Waals surface area contributed by atoms with Crippen LogP contribution in [-0.4, -0.2) is 40.1 Å². The van der Waals surface area contributed by atoms with Gasteiger partial charge in [-0.1, -0.05) is 18.9 Å². The summed E-state index contributed by atoms with van der Waals surface area (Å²) in [5.74, 6) is 0.0467. The molecule has 1 amide bonds. The first-order valence-electron chi connectivity index (χ1n) is 10.1. The zero-order valence-electron chi connectivity index (χ0n) is 17.4. The molecule has 0 atom stereocenters. The van der Waals surface area contributed by atoms with Crippen LogP contribution in [0, 0.1) is 6.92 Å². The Balaban J connectivity index is 0.00000256. The lowest BCUT2D eigenvalue weighted by molar-refractivity contribution is 0.0762. The van der Waals surface area contributed by atoms with Crippen LogP contribution in [0.2, 0.25) is 0 Å². The number of nitrogens with zero attached hydrogens (tertiary/aromatic N) is 3. The monoisotopic (exact) mass is 442 g/mol. The number of aryl methyl sites for hydroxylation is 1. The minimum Gasteiger partial charge on any atom is -0.354 e. The van der Waals surface area contributed by atoms with Gasteiger partial charge < -0.3 is 10.2 Å². The van der Waals surface area contributed by atoms with Crippen molar-refractivity contribution >= 4 is 52.5 Å². The van der Waals surface area contributed by atoms with Gasteiger partial charge in [-0.05, 0) is 56.4 Å². The quantitative estimate of drug-likeness (QED) is 0.514. The molecular weight excluding hydrogens is 416 g/mol. The highest BCUT2D eigenvalue weighted by molar-refractivity contribution is 7.98. The van der Waals surface area contributed by atoms with E-state index in [1.807, 2.05) is 36.1 Å². The number of carbonyl (C=O) groups is 1. The predicted molar refractivity (Wildman–Crippen MR) is 127 cm³/mol. The van der Waals surface area contributed by atoms with Crippen molar-refractivity contribution in [3.05, 3.63) is 53.9 Å². The van der Waals surface area contributed by atoms with Crippen molar-refractivity contribution in [2.45, 2.75) is 37.5 Å². The van der Waals surface area contributed by atoms with Gasteiger partial charge in [0.1, 0.15) is 0 Å². The predicted octanol–water partition coefficient (Wildman–Crippen LogP) is 5.84. The van der Waals surface area contributed by atoms with Crippen molar-refractivity contribution in [1.82, 2.24) is 14.9 Å². The van der Waals surface area contributed by atoms with E-state index >= 15 is 0 Å². The van der Waals surface area contributed by atoms with Gasteiger partial charge in [0, 0.05) is 40.9 Å². The number of carbonyl (C=O) groups excluding carboxylic acids is 1. The molecule has 2 aromatic heterocycles. The summed E-state index contributed by atoms with van der Waals surface area (Å²) in [6.45, 7) is 3.57. The number of fused-ring (bicyclic) bond motifs is 1. The largest absolute Gasteiger partial charge is 0.354 e. The van der Waals surface area contributed by atoms with Crippen molar-refractivity contribution in [2.75, 3.05) is 24.7 Å². The molecule has 0 saturated carbocycles. The van der Waals surface area contributed by atoms with Gasteiger partial charge in [0.05, 0.1) is 11.3 Å². The zero-order chi connectivity index (χ0) is 20.2. The van der Waals surface area contributed by atoms with Gasteiger partial charge in [-0.25, -0.2) is 9.97 Å². The van der Waals surface area contributed by atoms with Crippen LogP contribution in [0.1, 0.15) is 41.7 Å². The lowest BCUT2D eigenvalue weighted by atomic mass is 10.1. The lowest BCUT2D eigenvalue weighted by Crippen LogP contribution is -2.32. The molecule has 0 bridgehead atoms. The molecule has 1 N–H and O–H groups in total. The first-order chi connectivity index (χ1) is 14.2. The molecule has 1 fully saturated rings. The average Bonchev–Trinajstić information content (AvgIpc) is 3.03. The maximum absolute atomic E-state index is 13.4. The van der Waals surface area contributed by atoms with Crippen LogP contribution in [0.25, 0.3) is 11.0 Å². The highest BCUT2D eigenvalue weighted by Gasteiger charge is 2.22. The summed E-state index contributed by atoms with van der Waals surface area (Å²) >= 11 is 1.69. The first kappa shape index (κ1) is 22.4. The normalized spacial score (nSPS) is 14.1. The summed E-state index contributed by atoms with van der Waals surface area (Å²) in [6, 6.07) is 12.2. The molecular formula is C23H27ClN4OS. The number of amides is 1. The standard InChI is InChI=1S/C23H26N4OS.ClH/c1-16-10-11-19-21(26-17-8-7-9-18(14-17)29-2)20(15-24-22(19)25-16)23(28)27-12-5-3-4-6-13-27;/h7-11,14-15H,3-6,12-13H2,1-2H3,(H,24,25,26);1H. The molecule has 0 aliphatic carbocycles. The Morgan fingerprint density at radius 1 is 1.10 bits per heavy atom. The van der Waals surface area contributed by atoms with Gasteiger partial charge in [0.25, 0.3) is 5.91 Å². The van der Waals surface area contributed by atoms with E-state index in [-0.39, 0.29) is 18.3 Å². The van der Waals surface area contributed by atoms with Crippen LogP contribution < -0.4 is 5.32 Å². The molecule has 1 aliphatic rings. The molecule has 1 saturated heterocycles. The summed E-state index contributed by atoms with van der Waals surface area (Å²) in [5, 5.41) is 4.37. The molecule has 3 aromatic rings. The number of likely N-dealkylation sites (tertiary alicyclic amines) is 1. The number of thioether (sulfide) groups is 1. The number of hydrogen-bond acceptors (Lipinski definition) is 5. The van der Waals surface area contributed by atoms with Crippen molar-refractivity contribution in [3.63, 3.8) is 0 Å². The second-order valence-electron chi connectivity index (χ2n) is 7.43. The van der Waals surface area contributed by atoms with Crippen LogP contribution in [0.5, 0.6) is 0 Å². The fraction of sp³-hybridized carbons (Fsp3) is 0.348. The van der Waals surface area contributed by atoms with Crippen LogP contribution in [0.3, 0.4) is 0 Å². The Morgan fingerprint density at radius 3 is 2.60 bits per heavy atom. The maximum Gasteiger partial charge on any atom is 0.257 e. The molecule has 7 heteroatoms. The van der Waals surface area contributed by atoms with Crippen molar-refractivity contribution in [1.29, 1.82) is 0 Å².